The molecule has 0 aliphatic rings. The third-order valence-corrected chi connectivity index (χ3v) is 6.67. The van der Waals surface area contributed by atoms with Gasteiger partial charge in [0.25, 0.3) is 0 Å². The molecular weight excluding hydrogens is 436 g/mol. The lowest BCUT2D eigenvalue weighted by Crippen LogP contribution is -2.16. The van der Waals surface area contributed by atoms with E-state index in [0.29, 0.717) is 6.42 Å². The van der Waals surface area contributed by atoms with E-state index in [0.717, 1.165) is 38.6 Å². The Morgan fingerprint density at radius 3 is 1.85 bits per heavy atom. The van der Waals surface area contributed by atoms with Gasteiger partial charge in [0.1, 0.15) is 5.01 Å². The van der Waals surface area contributed by atoms with Crippen LogP contribution in [0.4, 0.5) is 5.69 Å². The fourth-order valence-electron chi connectivity index (χ4n) is 4.04. The zero-order chi connectivity index (χ0) is 23.2. The molecule has 3 nitrogen and oxygen atoms in total. The van der Waals surface area contributed by atoms with Crippen molar-refractivity contribution in [3.05, 3.63) is 132 Å². The first-order valence-corrected chi connectivity index (χ1v) is 12.2. The lowest BCUT2D eigenvalue weighted by Gasteiger charge is -2.18. The molecule has 166 valence electrons. The van der Waals surface area contributed by atoms with Gasteiger partial charge in [0.15, 0.2) is 0 Å². The molecule has 1 aromatic heterocycles. The van der Waals surface area contributed by atoms with Crippen LogP contribution in [0.15, 0.2) is 121 Å². The molecule has 34 heavy (non-hydrogen) atoms. The van der Waals surface area contributed by atoms with E-state index in [1.54, 1.807) is 11.3 Å². The molecule has 5 aromatic rings. The molecule has 0 saturated heterocycles. The second-order valence-electron chi connectivity index (χ2n) is 8.11. The number of nitrogens with one attached hydrogen (secondary N) is 1. The summed E-state index contributed by atoms with van der Waals surface area (Å²) in [5.74, 6) is -0.00133. The predicted molar refractivity (Wildman–Crippen MR) is 141 cm³/mol. The fraction of sp³-hybridized carbons (Fsp3) is 0.0667. The van der Waals surface area contributed by atoms with Crippen LogP contribution in [0.3, 0.4) is 0 Å². The molecule has 4 heteroatoms. The Balaban J connectivity index is 1.28. The maximum atomic E-state index is 13.0. The minimum atomic E-state index is -0.00882. The molecule has 0 fully saturated rings. The molecule has 0 aliphatic heterocycles. The third-order valence-electron chi connectivity index (χ3n) is 5.78. The summed E-state index contributed by atoms with van der Waals surface area (Å²) in [7, 11) is 0. The first-order valence-electron chi connectivity index (χ1n) is 11.3. The summed E-state index contributed by atoms with van der Waals surface area (Å²) in [4.78, 5) is 17.7. The minimum Gasteiger partial charge on any atom is -0.326 e. The van der Waals surface area contributed by atoms with E-state index in [1.807, 2.05) is 78.9 Å². The first kappa shape index (κ1) is 21.8. The molecule has 1 N–H and O–H groups in total. The van der Waals surface area contributed by atoms with Gasteiger partial charge in [-0.2, -0.15) is 0 Å². The Morgan fingerprint density at radius 1 is 0.706 bits per heavy atom. The Morgan fingerprint density at radius 2 is 1.26 bits per heavy atom. The maximum Gasteiger partial charge on any atom is 0.225 e. The van der Waals surface area contributed by atoms with Crippen LogP contribution in [0.25, 0.3) is 21.8 Å². The molecule has 0 unspecified atom stereocenters. The van der Waals surface area contributed by atoms with Crippen LogP contribution >= 0.6 is 11.3 Å². The van der Waals surface area contributed by atoms with Crippen molar-refractivity contribution in [2.75, 3.05) is 5.32 Å². The summed E-state index contributed by atoms with van der Waals surface area (Å²) in [6, 6.07) is 38.5. The van der Waals surface area contributed by atoms with Crippen molar-refractivity contribution >= 4 is 22.9 Å². The zero-order valence-corrected chi connectivity index (χ0v) is 19.4. The van der Waals surface area contributed by atoms with Crippen molar-refractivity contribution in [1.82, 2.24) is 4.98 Å². The van der Waals surface area contributed by atoms with Crippen LogP contribution in [0.2, 0.25) is 0 Å². The summed E-state index contributed by atoms with van der Waals surface area (Å²) in [5, 5.41) is 6.14. The van der Waals surface area contributed by atoms with Crippen LogP contribution < -0.4 is 5.32 Å². The largest absolute Gasteiger partial charge is 0.326 e. The fourth-order valence-corrected chi connectivity index (χ4v) is 4.88. The number of aromatic nitrogens is 1. The van der Waals surface area contributed by atoms with Crippen molar-refractivity contribution < 1.29 is 4.79 Å². The van der Waals surface area contributed by atoms with Gasteiger partial charge in [0.05, 0.1) is 5.69 Å². The molecule has 0 radical (unpaired) electrons. The SMILES string of the molecule is O=C(CC(c1ccccc1)c1ccccc1)Nc1ccc(-c2csc(-c3ccccc3)n2)cc1. The monoisotopic (exact) mass is 460 g/mol. The topological polar surface area (TPSA) is 42.0 Å². The number of carbonyl (C=O) groups excluding carboxylic acids is 1. The molecule has 1 amide bonds. The van der Waals surface area contributed by atoms with E-state index < -0.39 is 0 Å². The van der Waals surface area contributed by atoms with Crippen molar-refractivity contribution in [1.29, 1.82) is 0 Å². The summed E-state index contributed by atoms with van der Waals surface area (Å²) in [6.45, 7) is 0. The molecular formula is C30H24N2OS. The highest BCUT2D eigenvalue weighted by Crippen LogP contribution is 2.30. The van der Waals surface area contributed by atoms with Gasteiger partial charge >= 0.3 is 0 Å². The van der Waals surface area contributed by atoms with E-state index in [-0.39, 0.29) is 11.8 Å². The molecule has 4 aromatic carbocycles. The minimum absolute atomic E-state index is 0.00749. The molecule has 5 rings (SSSR count). The normalized spacial score (nSPS) is 10.9. The zero-order valence-electron chi connectivity index (χ0n) is 18.6. The van der Waals surface area contributed by atoms with Crippen LogP contribution in [-0.4, -0.2) is 10.9 Å². The number of benzene rings is 4. The van der Waals surface area contributed by atoms with Crippen molar-refractivity contribution in [2.45, 2.75) is 12.3 Å². The Bertz CT molecular complexity index is 1310. The van der Waals surface area contributed by atoms with Gasteiger partial charge in [-0.3, -0.25) is 4.79 Å². The molecule has 0 saturated carbocycles. The number of hydrogen-bond acceptors (Lipinski definition) is 3. The van der Waals surface area contributed by atoms with Crippen LogP contribution in [0.5, 0.6) is 0 Å². The number of thiazole rings is 1. The molecule has 1 heterocycles. The van der Waals surface area contributed by atoms with Gasteiger partial charge in [-0.25, -0.2) is 4.98 Å². The van der Waals surface area contributed by atoms with Gasteiger partial charge in [-0.05, 0) is 23.3 Å². The van der Waals surface area contributed by atoms with Gasteiger partial charge in [0, 0.05) is 34.5 Å². The van der Waals surface area contributed by atoms with Crippen molar-refractivity contribution in [3.8, 4) is 21.8 Å². The Labute approximate surface area is 203 Å². The van der Waals surface area contributed by atoms with E-state index in [4.69, 9.17) is 4.98 Å². The van der Waals surface area contributed by atoms with Crippen molar-refractivity contribution in [2.24, 2.45) is 0 Å². The van der Waals surface area contributed by atoms with Crippen molar-refractivity contribution in [3.63, 3.8) is 0 Å². The Hall–Kier alpha value is -4.02. The third kappa shape index (κ3) is 5.13. The second-order valence-corrected chi connectivity index (χ2v) is 8.97. The lowest BCUT2D eigenvalue weighted by molar-refractivity contribution is -0.116. The highest BCUT2D eigenvalue weighted by Gasteiger charge is 2.18. The van der Waals surface area contributed by atoms with Crippen LogP contribution in [-0.2, 0) is 4.79 Å². The summed E-state index contributed by atoms with van der Waals surface area (Å²) < 4.78 is 0. The molecule has 0 spiro atoms. The molecule has 0 bridgehead atoms. The summed E-state index contributed by atoms with van der Waals surface area (Å²) in [5.41, 5.74) is 6.15. The highest BCUT2D eigenvalue weighted by molar-refractivity contribution is 7.13. The average Bonchev–Trinajstić information content (AvgIpc) is 3.40. The number of amides is 1. The Kier molecular flexibility index (Phi) is 6.59. The van der Waals surface area contributed by atoms with Gasteiger partial charge < -0.3 is 5.32 Å². The number of carbonyl (C=O) groups is 1. The van der Waals surface area contributed by atoms with Crippen LogP contribution in [0.1, 0.15) is 23.5 Å². The number of rotatable bonds is 7. The summed E-state index contributed by atoms with van der Waals surface area (Å²) >= 11 is 1.63. The van der Waals surface area contributed by atoms with E-state index in [9.17, 15) is 4.79 Å². The number of nitrogens with zero attached hydrogens (tertiary/aromatic N) is 1. The van der Waals surface area contributed by atoms with E-state index in [1.165, 1.54) is 0 Å². The first-order chi connectivity index (χ1) is 16.8. The van der Waals surface area contributed by atoms with E-state index in [2.05, 4.69) is 47.1 Å². The van der Waals surface area contributed by atoms with Gasteiger partial charge in [-0.1, -0.05) is 103 Å². The van der Waals surface area contributed by atoms with Crippen LogP contribution in [0, 0.1) is 0 Å². The quantitative estimate of drug-likeness (QED) is 0.271. The lowest BCUT2D eigenvalue weighted by atomic mass is 9.88. The molecule has 0 atom stereocenters. The maximum absolute atomic E-state index is 13.0. The van der Waals surface area contributed by atoms with Gasteiger partial charge in [-0.15, -0.1) is 11.3 Å². The van der Waals surface area contributed by atoms with Gasteiger partial charge in [0.2, 0.25) is 5.91 Å². The highest BCUT2D eigenvalue weighted by atomic mass is 32.1. The average molecular weight is 461 g/mol. The predicted octanol–water partition coefficient (Wildman–Crippen LogP) is 7.64. The number of anilines is 1. The second kappa shape index (κ2) is 10.3. The smallest absolute Gasteiger partial charge is 0.225 e. The standard InChI is InChI=1S/C30H24N2OS/c33-29(20-27(22-10-4-1-5-11-22)23-12-6-2-7-13-23)31-26-18-16-24(17-19-26)28-21-34-30(32-28)25-14-8-3-9-15-25/h1-19,21,27H,20H2,(H,31,33). The van der Waals surface area contributed by atoms with E-state index >= 15 is 0 Å². The summed E-state index contributed by atoms with van der Waals surface area (Å²) in [6.07, 6.45) is 0.377. The molecule has 0 aliphatic carbocycles. The number of hydrogen-bond donors (Lipinski definition) is 1.